The van der Waals surface area contributed by atoms with Crippen LogP contribution >= 0.6 is 0 Å². The molecule has 1 saturated carbocycles. The van der Waals surface area contributed by atoms with Crippen LogP contribution < -0.4 is 0 Å². The summed E-state index contributed by atoms with van der Waals surface area (Å²) in [6.07, 6.45) is 13.6. The molecule has 0 saturated heterocycles. The van der Waals surface area contributed by atoms with E-state index in [9.17, 15) is 4.79 Å². The van der Waals surface area contributed by atoms with E-state index in [0.717, 1.165) is 12.8 Å². The van der Waals surface area contributed by atoms with Gasteiger partial charge >= 0.3 is 0 Å². The number of carbonyl (C=O) groups excluding carboxylic acids is 1. The van der Waals surface area contributed by atoms with Crippen molar-refractivity contribution in [1.82, 2.24) is 0 Å². The molecule has 0 bridgehead atoms. The van der Waals surface area contributed by atoms with Crippen molar-refractivity contribution in [2.45, 2.75) is 58.5 Å². The number of ketones is 1. The number of hydrogen-bond donors (Lipinski definition) is 0. The fraction of sp³-hybridized carbons (Fsp3) is 0.474. The van der Waals surface area contributed by atoms with Gasteiger partial charge < -0.3 is 0 Å². The molecule has 0 aromatic carbocycles. The largest absolute Gasteiger partial charge is 0.290 e. The van der Waals surface area contributed by atoms with Crippen LogP contribution in [0.2, 0.25) is 39.3 Å². The van der Waals surface area contributed by atoms with Crippen molar-refractivity contribution in [3.63, 3.8) is 0 Å². The third-order valence-corrected chi connectivity index (χ3v) is 8.39. The molecule has 0 aromatic rings. The van der Waals surface area contributed by atoms with Gasteiger partial charge in [-0.1, -0.05) is 63.6 Å². The second-order valence-electron chi connectivity index (χ2n) is 8.35. The predicted octanol–water partition coefficient (Wildman–Crippen LogP) is 5.42. The molecule has 0 N–H and O–H groups in total. The third-order valence-electron chi connectivity index (χ3n) is 4.33. The number of allylic oxidation sites excluding steroid dienone is 8. The smallest absolute Gasteiger partial charge is 0.177 e. The molecule has 0 amide bonds. The molecule has 0 heterocycles. The van der Waals surface area contributed by atoms with Gasteiger partial charge in [-0.05, 0) is 40.8 Å². The first kappa shape index (κ1) is 20.6. The summed E-state index contributed by atoms with van der Waals surface area (Å²) >= 11 is 0. The molecular weight excluding hydrogens is 359 g/mol. The molecule has 0 aliphatic heterocycles. The maximum atomic E-state index is 12.8. The van der Waals surface area contributed by atoms with E-state index in [-0.39, 0.29) is 16.8 Å². The van der Waals surface area contributed by atoms with Crippen LogP contribution in [-0.2, 0) is 21.6 Å². The molecule has 1 nitrogen and oxygen atoms in total. The predicted molar refractivity (Wildman–Crippen MR) is 102 cm³/mol. The summed E-state index contributed by atoms with van der Waals surface area (Å²) in [6.45, 7) is 13.9. The molecule has 0 unspecified atom stereocenters. The van der Waals surface area contributed by atoms with E-state index >= 15 is 0 Å². The van der Waals surface area contributed by atoms with E-state index in [1.165, 1.54) is 28.0 Å². The molecule has 2 radical (unpaired) electrons. The van der Waals surface area contributed by atoms with Gasteiger partial charge in [0, 0.05) is 23.2 Å². The average molecular weight is 389 g/mol. The van der Waals surface area contributed by atoms with E-state index < -0.39 is 16.1 Å². The van der Waals surface area contributed by atoms with Crippen LogP contribution in [0.3, 0.4) is 0 Å². The van der Waals surface area contributed by atoms with Gasteiger partial charge in [0.05, 0.1) is 16.1 Å². The molecule has 23 heavy (non-hydrogen) atoms. The van der Waals surface area contributed by atoms with Gasteiger partial charge in [-0.3, -0.25) is 4.79 Å². The Hall–Kier alpha value is -0.430. The van der Waals surface area contributed by atoms with Crippen LogP contribution in [0.15, 0.2) is 45.8 Å². The quantitative estimate of drug-likeness (QED) is 0.578. The van der Waals surface area contributed by atoms with Gasteiger partial charge in [-0.15, -0.1) is 0 Å². The summed E-state index contributed by atoms with van der Waals surface area (Å²) in [4.78, 5) is 12.8. The van der Waals surface area contributed by atoms with Crippen molar-refractivity contribution in [3.05, 3.63) is 52.3 Å². The van der Waals surface area contributed by atoms with E-state index in [0.29, 0.717) is 5.78 Å². The molecular formula is C19H29CoOSi2. The zero-order chi connectivity index (χ0) is 16.5. The first-order chi connectivity index (χ1) is 10.1. The van der Waals surface area contributed by atoms with Gasteiger partial charge in [0.2, 0.25) is 0 Å². The topological polar surface area (TPSA) is 17.1 Å². The fourth-order valence-electron chi connectivity index (χ4n) is 3.60. The first-order valence-electron chi connectivity index (χ1n) is 8.33. The third kappa shape index (κ3) is 4.56. The standard InChI is InChI=1S/C14H24OSi2.C5H5.Co/c1-16(2,3)13-10-8-7-9-11(10)14(12(13)15)17(4,5)6;1-2-4-5-3-1;/h7-9H2,1-6H3;1-5H;. The number of hydrogen-bond acceptors (Lipinski definition) is 1. The molecule has 1 fully saturated rings. The molecule has 3 aliphatic rings. The Morgan fingerprint density at radius 2 is 1.13 bits per heavy atom. The molecule has 128 valence electrons. The minimum atomic E-state index is -1.48. The Morgan fingerprint density at radius 3 is 1.39 bits per heavy atom. The van der Waals surface area contributed by atoms with Gasteiger partial charge in [0.1, 0.15) is 0 Å². The van der Waals surface area contributed by atoms with Crippen molar-refractivity contribution in [2.24, 2.45) is 0 Å². The molecule has 0 aromatic heterocycles. The first-order valence-corrected chi connectivity index (χ1v) is 15.3. The van der Waals surface area contributed by atoms with Crippen molar-refractivity contribution in [3.8, 4) is 0 Å². The summed E-state index contributed by atoms with van der Waals surface area (Å²) in [5, 5.41) is 2.53. The molecule has 3 aliphatic carbocycles. The summed E-state index contributed by atoms with van der Waals surface area (Å²) in [7, 11) is -2.97. The minimum Gasteiger partial charge on any atom is -0.290 e. The number of Topliss-reactive ketones (excluding diaryl/α,β-unsaturated/α-hetero) is 1. The zero-order valence-electron chi connectivity index (χ0n) is 15.2. The Labute approximate surface area is 154 Å². The second kappa shape index (κ2) is 7.64. The van der Waals surface area contributed by atoms with Crippen molar-refractivity contribution >= 4 is 21.9 Å². The van der Waals surface area contributed by atoms with Crippen LogP contribution in [0.5, 0.6) is 0 Å². The summed E-state index contributed by atoms with van der Waals surface area (Å²) in [5.74, 6) is 0.452. The van der Waals surface area contributed by atoms with E-state index in [1.54, 1.807) is 0 Å². The van der Waals surface area contributed by atoms with Crippen molar-refractivity contribution in [2.75, 3.05) is 0 Å². The van der Waals surface area contributed by atoms with Crippen LogP contribution in [-0.4, -0.2) is 21.9 Å². The summed E-state index contributed by atoms with van der Waals surface area (Å²) < 4.78 is 0. The maximum Gasteiger partial charge on any atom is 0.177 e. The molecule has 0 atom stereocenters. The van der Waals surface area contributed by atoms with Gasteiger partial charge in [-0.25, -0.2) is 0 Å². The Balaban J connectivity index is 0.000000377. The second-order valence-corrected chi connectivity index (χ2v) is 18.4. The van der Waals surface area contributed by atoms with E-state index in [1.807, 2.05) is 30.7 Å². The van der Waals surface area contributed by atoms with E-state index in [4.69, 9.17) is 0 Å². The molecule has 0 spiro atoms. The SMILES string of the molecule is C[Si](C)(C)C1=C2CCCC2=C([Si](C)(C)C)C1=O.[CH]1C=CC=C1.[Co]. The minimum absolute atomic E-state index is 0. The van der Waals surface area contributed by atoms with Gasteiger partial charge in [-0.2, -0.15) is 0 Å². The van der Waals surface area contributed by atoms with Gasteiger partial charge in [0.25, 0.3) is 0 Å². The molecule has 4 heteroatoms. The van der Waals surface area contributed by atoms with Crippen molar-refractivity contribution < 1.29 is 21.6 Å². The summed E-state index contributed by atoms with van der Waals surface area (Å²) in [6, 6.07) is 0. The Bertz CT molecular complexity index is 546. The monoisotopic (exact) mass is 388 g/mol. The normalized spacial score (nSPS) is 19.8. The van der Waals surface area contributed by atoms with Crippen LogP contribution in [0.4, 0.5) is 0 Å². The Kier molecular flexibility index (Phi) is 6.85. The maximum absolute atomic E-state index is 12.8. The van der Waals surface area contributed by atoms with Crippen LogP contribution in [0.1, 0.15) is 19.3 Å². The van der Waals surface area contributed by atoms with Crippen LogP contribution in [0, 0.1) is 6.42 Å². The van der Waals surface area contributed by atoms with Gasteiger partial charge in [0.15, 0.2) is 5.78 Å². The number of rotatable bonds is 2. The molecule has 3 rings (SSSR count). The Morgan fingerprint density at radius 1 is 0.739 bits per heavy atom. The average Bonchev–Trinajstić information content (AvgIpc) is 3.00. The fourth-order valence-corrected chi connectivity index (χ4v) is 7.70. The van der Waals surface area contributed by atoms with Crippen molar-refractivity contribution in [1.29, 1.82) is 0 Å². The van der Waals surface area contributed by atoms with E-state index in [2.05, 4.69) is 39.3 Å². The number of carbonyl (C=O) groups is 1. The number of fused-ring (bicyclic) bond motifs is 1. The zero-order valence-corrected chi connectivity index (χ0v) is 18.3. The van der Waals surface area contributed by atoms with Crippen LogP contribution in [0.25, 0.3) is 0 Å². The summed E-state index contributed by atoms with van der Waals surface area (Å²) in [5.41, 5.74) is 2.96.